The Balaban J connectivity index is 1.84. The number of methoxy groups -OCH3 is 1. The lowest BCUT2D eigenvalue weighted by atomic mass is 10.1. The summed E-state index contributed by atoms with van der Waals surface area (Å²) in [5, 5.41) is 0. The van der Waals surface area contributed by atoms with Crippen molar-refractivity contribution in [3.8, 4) is 5.75 Å². The van der Waals surface area contributed by atoms with Crippen molar-refractivity contribution in [2.75, 3.05) is 26.7 Å². The molecule has 2 saturated heterocycles. The maximum absolute atomic E-state index is 12.9. The summed E-state index contributed by atoms with van der Waals surface area (Å²) in [4.78, 5) is 17.4. The molecule has 1 amide bonds. The third kappa shape index (κ3) is 2.81. The van der Waals surface area contributed by atoms with Crippen LogP contribution in [0.4, 0.5) is 0 Å². The SMILES string of the molecule is COc1cc(Br)ccc1C(=O)N1CC2CCCN2CC1C. The maximum Gasteiger partial charge on any atom is 0.257 e. The topological polar surface area (TPSA) is 32.8 Å². The number of amides is 1. The highest BCUT2D eigenvalue weighted by molar-refractivity contribution is 9.10. The van der Waals surface area contributed by atoms with E-state index in [4.69, 9.17) is 4.74 Å². The molecule has 114 valence electrons. The van der Waals surface area contributed by atoms with Gasteiger partial charge in [0, 0.05) is 29.6 Å². The highest BCUT2D eigenvalue weighted by Crippen LogP contribution is 2.29. The summed E-state index contributed by atoms with van der Waals surface area (Å²) in [5.41, 5.74) is 0.652. The highest BCUT2D eigenvalue weighted by atomic mass is 79.9. The third-order valence-corrected chi connectivity index (χ3v) is 5.09. The summed E-state index contributed by atoms with van der Waals surface area (Å²) >= 11 is 3.42. The second-order valence-corrected chi connectivity index (χ2v) is 6.86. The summed E-state index contributed by atoms with van der Waals surface area (Å²) < 4.78 is 6.29. The molecule has 1 aromatic carbocycles. The molecule has 3 rings (SSSR count). The Morgan fingerprint density at radius 3 is 2.95 bits per heavy atom. The maximum atomic E-state index is 12.9. The van der Waals surface area contributed by atoms with E-state index in [0.29, 0.717) is 17.4 Å². The van der Waals surface area contributed by atoms with Crippen molar-refractivity contribution in [2.24, 2.45) is 0 Å². The number of piperazine rings is 1. The normalized spacial score (nSPS) is 25.8. The van der Waals surface area contributed by atoms with Gasteiger partial charge in [-0.2, -0.15) is 0 Å². The molecular weight excluding hydrogens is 332 g/mol. The number of nitrogens with zero attached hydrogens (tertiary/aromatic N) is 2. The zero-order valence-corrected chi connectivity index (χ0v) is 14.1. The van der Waals surface area contributed by atoms with Crippen LogP contribution in [-0.2, 0) is 0 Å². The smallest absolute Gasteiger partial charge is 0.257 e. The fourth-order valence-corrected chi connectivity index (χ4v) is 3.81. The van der Waals surface area contributed by atoms with Gasteiger partial charge in [0.2, 0.25) is 0 Å². The standard InChI is InChI=1S/C16H21BrN2O2/c1-11-9-18-7-3-4-13(18)10-19(11)16(20)14-6-5-12(17)8-15(14)21-2/h5-6,8,11,13H,3-4,7,9-10H2,1-2H3. The third-order valence-electron chi connectivity index (χ3n) is 4.59. The summed E-state index contributed by atoms with van der Waals surface area (Å²) in [6.07, 6.45) is 2.45. The number of benzene rings is 1. The fraction of sp³-hybridized carbons (Fsp3) is 0.562. The summed E-state index contributed by atoms with van der Waals surface area (Å²) in [5.74, 6) is 0.717. The van der Waals surface area contributed by atoms with E-state index in [-0.39, 0.29) is 11.9 Å². The molecule has 0 aliphatic carbocycles. The van der Waals surface area contributed by atoms with Crippen LogP contribution in [0.3, 0.4) is 0 Å². The van der Waals surface area contributed by atoms with Crippen molar-refractivity contribution in [3.05, 3.63) is 28.2 Å². The fourth-order valence-electron chi connectivity index (χ4n) is 3.47. The molecule has 2 aliphatic heterocycles. The molecule has 2 unspecified atom stereocenters. The van der Waals surface area contributed by atoms with Gasteiger partial charge in [-0.15, -0.1) is 0 Å². The van der Waals surface area contributed by atoms with Crippen LogP contribution < -0.4 is 4.74 Å². The Labute approximate surface area is 134 Å². The molecule has 4 nitrogen and oxygen atoms in total. The molecule has 2 aliphatic rings. The van der Waals surface area contributed by atoms with Crippen LogP contribution in [0.1, 0.15) is 30.1 Å². The first kappa shape index (κ1) is 14.9. The molecule has 2 heterocycles. The second-order valence-electron chi connectivity index (χ2n) is 5.94. The molecule has 1 aromatic rings. The summed E-state index contributed by atoms with van der Waals surface area (Å²) in [6.45, 7) is 5.13. The van der Waals surface area contributed by atoms with Crippen molar-refractivity contribution >= 4 is 21.8 Å². The first-order valence-corrected chi connectivity index (χ1v) is 8.28. The molecule has 2 atom stereocenters. The van der Waals surface area contributed by atoms with Crippen LogP contribution in [0.5, 0.6) is 5.75 Å². The Kier molecular flexibility index (Phi) is 4.22. The van der Waals surface area contributed by atoms with Gasteiger partial charge in [-0.1, -0.05) is 15.9 Å². The van der Waals surface area contributed by atoms with Gasteiger partial charge in [-0.3, -0.25) is 9.69 Å². The lowest BCUT2D eigenvalue weighted by Crippen LogP contribution is -2.56. The molecule has 0 N–H and O–H groups in total. The van der Waals surface area contributed by atoms with Crippen molar-refractivity contribution in [2.45, 2.75) is 31.8 Å². The van der Waals surface area contributed by atoms with Gasteiger partial charge in [0.1, 0.15) is 5.75 Å². The number of carbonyl (C=O) groups is 1. The van der Waals surface area contributed by atoms with Gasteiger partial charge in [0.25, 0.3) is 5.91 Å². The number of hydrogen-bond acceptors (Lipinski definition) is 3. The van der Waals surface area contributed by atoms with Crippen molar-refractivity contribution in [1.29, 1.82) is 0 Å². The van der Waals surface area contributed by atoms with Crippen molar-refractivity contribution in [1.82, 2.24) is 9.80 Å². The van der Waals surface area contributed by atoms with Gasteiger partial charge < -0.3 is 9.64 Å². The lowest BCUT2D eigenvalue weighted by Gasteiger charge is -2.42. The first-order valence-electron chi connectivity index (χ1n) is 7.48. The van der Waals surface area contributed by atoms with E-state index in [1.54, 1.807) is 7.11 Å². The predicted molar refractivity (Wildman–Crippen MR) is 85.8 cm³/mol. The van der Waals surface area contributed by atoms with Crippen LogP contribution in [0.25, 0.3) is 0 Å². The molecule has 0 bridgehead atoms. The van der Waals surface area contributed by atoms with E-state index in [9.17, 15) is 4.79 Å². The Bertz CT molecular complexity index is 549. The van der Waals surface area contributed by atoms with Gasteiger partial charge in [-0.25, -0.2) is 0 Å². The minimum absolute atomic E-state index is 0.0819. The van der Waals surface area contributed by atoms with E-state index in [1.165, 1.54) is 19.4 Å². The quantitative estimate of drug-likeness (QED) is 0.820. The molecule has 5 heteroatoms. The predicted octanol–water partition coefficient (Wildman–Crippen LogP) is 2.77. The van der Waals surface area contributed by atoms with Gasteiger partial charge >= 0.3 is 0 Å². The van der Waals surface area contributed by atoms with E-state index in [2.05, 4.69) is 27.8 Å². The Hall–Kier alpha value is -1.07. The number of fused-ring (bicyclic) bond motifs is 1. The van der Waals surface area contributed by atoms with E-state index in [0.717, 1.165) is 17.6 Å². The second kappa shape index (κ2) is 5.97. The zero-order chi connectivity index (χ0) is 15.0. The van der Waals surface area contributed by atoms with Crippen LogP contribution in [0, 0.1) is 0 Å². The van der Waals surface area contributed by atoms with Gasteiger partial charge in [0.05, 0.1) is 12.7 Å². The summed E-state index contributed by atoms with van der Waals surface area (Å²) in [6, 6.07) is 6.38. The molecule has 0 radical (unpaired) electrons. The zero-order valence-electron chi connectivity index (χ0n) is 12.5. The number of halogens is 1. The molecule has 0 spiro atoms. The first-order chi connectivity index (χ1) is 10.1. The average Bonchev–Trinajstić information content (AvgIpc) is 2.92. The average molecular weight is 353 g/mol. The summed E-state index contributed by atoms with van der Waals surface area (Å²) in [7, 11) is 1.61. The highest BCUT2D eigenvalue weighted by Gasteiger charge is 2.37. The molecular formula is C16H21BrN2O2. The lowest BCUT2D eigenvalue weighted by molar-refractivity contribution is 0.0393. The Morgan fingerprint density at radius 2 is 2.19 bits per heavy atom. The molecule has 2 fully saturated rings. The largest absolute Gasteiger partial charge is 0.496 e. The number of hydrogen-bond donors (Lipinski definition) is 0. The van der Waals surface area contributed by atoms with Crippen LogP contribution in [0.15, 0.2) is 22.7 Å². The minimum Gasteiger partial charge on any atom is -0.496 e. The van der Waals surface area contributed by atoms with Crippen LogP contribution >= 0.6 is 15.9 Å². The van der Waals surface area contributed by atoms with Crippen molar-refractivity contribution < 1.29 is 9.53 Å². The van der Waals surface area contributed by atoms with E-state index in [1.807, 2.05) is 23.1 Å². The Morgan fingerprint density at radius 1 is 1.38 bits per heavy atom. The molecule has 0 aromatic heterocycles. The van der Waals surface area contributed by atoms with Gasteiger partial charge in [-0.05, 0) is 44.5 Å². The number of ether oxygens (including phenoxy) is 1. The van der Waals surface area contributed by atoms with Crippen LogP contribution in [0.2, 0.25) is 0 Å². The monoisotopic (exact) mass is 352 g/mol. The molecule has 0 saturated carbocycles. The van der Waals surface area contributed by atoms with Crippen LogP contribution in [-0.4, -0.2) is 54.5 Å². The number of rotatable bonds is 2. The van der Waals surface area contributed by atoms with E-state index >= 15 is 0 Å². The van der Waals surface area contributed by atoms with Gasteiger partial charge in [0.15, 0.2) is 0 Å². The number of carbonyl (C=O) groups excluding carboxylic acids is 1. The molecule has 21 heavy (non-hydrogen) atoms. The van der Waals surface area contributed by atoms with Crippen molar-refractivity contribution in [3.63, 3.8) is 0 Å². The van der Waals surface area contributed by atoms with E-state index < -0.39 is 0 Å². The minimum atomic E-state index is 0.0819.